The lowest BCUT2D eigenvalue weighted by atomic mass is 9.87. The van der Waals surface area contributed by atoms with Crippen LogP contribution in [-0.2, 0) is 11.2 Å². The number of methoxy groups -OCH3 is 1. The highest BCUT2D eigenvalue weighted by atomic mass is 35.5. The maximum Gasteiger partial charge on any atom is 0.220 e. The minimum Gasteiger partial charge on any atom is -0.495 e. The molecule has 1 heterocycles. The minimum absolute atomic E-state index is 0.102. The maximum atomic E-state index is 11.4. The summed E-state index contributed by atoms with van der Waals surface area (Å²) in [5.74, 6) is 0.831. The van der Waals surface area contributed by atoms with Gasteiger partial charge in [0.2, 0.25) is 5.91 Å². The molecule has 2 rings (SSSR count). The summed E-state index contributed by atoms with van der Waals surface area (Å²) < 4.78 is 5.14. The van der Waals surface area contributed by atoms with Gasteiger partial charge in [-0.15, -0.1) is 0 Å². The fourth-order valence-electron chi connectivity index (χ4n) is 2.51. The molecule has 98 valence electrons. The Morgan fingerprint density at radius 3 is 2.78 bits per heavy atom. The normalized spacial score (nSPS) is 22.9. The second-order valence-electron chi connectivity index (χ2n) is 4.83. The molecule has 1 unspecified atom stereocenters. The molecule has 1 aliphatic heterocycles. The zero-order valence-corrected chi connectivity index (χ0v) is 11.5. The Morgan fingerprint density at radius 2 is 2.28 bits per heavy atom. The summed E-state index contributed by atoms with van der Waals surface area (Å²) >= 11 is 6.12. The molecular weight excluding hydrogens is 250 g/mol. The van der Waals surface area contributed by atoms with Crippen molar-refractivity contribution in [3.8, 4) is 5.75 Å². The van der Waals surface area contributed by atoms with E-state index in [9.17, 15) is 4.79 Å². The van der Waals surface area contributed by atoms with Gasteiger partial charge in [0, 0.05) is 12.0 Å². The van der Waals surface area contributed by atoms with Crippen molar-refractivity contribution in [1.82, 2.24) is 5.32 Å². The zero-order chi connectivity index (χ0) is 13.2. The lowest BCUT2D eigenvalue weighted by molar-refractivity contribution is -0.119. The van der Waals surface area contributed by atoms with Crippen LogP contribution >= 0.6 is 11.6 Å². The number of ether oxygens (including phenoxy) is 1. The van der Waals surface area contributed by atoms with Gasteiger partial charge in [-0.25, -0.2) is 0 Å². The molecule has 1 saturated heterocycles. The molecule has 0 aliphatic carbocycles. The first-order chi connectivity index (χ1) is 8.58. The fraction of sp³-hybridized carbons (Fsp3) is 0.500. The van der Waals surface area contributed by atoms with E-state index in [4.69, 9.17) is 16.3 Å². The quantitative estimate of drug-likeness (QED) is 0.911. The zero-order valence-electron chi connectivity index (χ0n) is 10.8. The van der Waals surface area contributed by atoms with Crippen molar-refractivity contribution in [3.05, 3.63) is 28.8 Å². The van der Waals surface area contributed by atoms with Gasteiger partial charge in [-0.05, 0) is 37.0 Å². The van der Waals surface area contributed by atoms with Gasteiger partial charge in [0.15, 0.2) is 0 Å². The van der Waals surface area contributed by atoms with Crippen LogP contribution < -0.4 is 10.1 Å². The first-order valence-electron chi connectivity index (χ1n) is 6.22. The van der Waals surface area contributed by atoms with Gasteiger partial charge >= 0.3 is 0 Å². The molecule has 1 N–H and O–H groups in total. The minimum atomic E-state index is -0.102. The Balaban J connectivity index is 2.17. The number of benzene rings is 1. The Labute approximate surface area is 112 Å². The molecule has 3 nitrogen and oxygen atoms in total. The van der Waals surface area contributed by atoms with Crippen LogP contribution in [0.25, 0.3) is 0 Å². The smallest absolute Gasteiger partial charge is 0.220 e. The number of hydrogen-bond acceptors (Lipinski definition) is 2. The molecule has 0 radical (unpaired) electrons. The van der Waals surface area contributed by atoms with E-state index < -0.39 is 0 Å². The summed E-state index contributed by atoms with van der Waals surface area (Å²) in [5.41, 5.74) is 1.03. The van der Waals surface area contributed by atoms with Gasteiger partial charge in [-0.1, -0.05) is 24.6 Å². The largest absolute Gasteiger partial charge is 0.495 e. The monoisotopic (exact) mass is 267 g/mol. The number of nitrogens with one attached hydrogen (secondary N) is 1. The van der Waals surface area contributed by atoms with Crippen molar-refractivity contribution in [2.24, 2.45) is 0 Å². The van der Waals surface area contributed by atoms with Crippen LogP contribution in [0.3, 0.4) is 0 Å². The van der Waals surface area contributed by atoms with E-state index in [-0.39, 0.29) is 11.4 Å². The van der Waals surface area contributed by atoms with Gasteiger partial charge in [-0.2, -0.15) is 0 Å². The Bertz CT molecular complexity index is 461. The van der Waals surface area contributed by atoms with Crippen LogP contribution in [0.1, 0.15) is 31.7 Å². The summed E-state index contributed by atoms with van der Waals surface area (Å²) in [4.78, 5) is 11.4. The molecule has 1 amide bonds. The third-order valence-corrected chi connectivity index (χ3v) is 3.97. The first-order valence-corrected chi connectivity index (χ1v) is 6.60. The number of carbonyl (C=O) groups is 1. The topological polar surface area (TPSA) is 38.3 Å². The van der Waals surface area contributed by atoms with Crippen molar-refractivity contribution in [1.29, 1.82) is 0 Å². The van der Waals surface area contributed by atoms with E-state index in [0.29, 0.717) is 17.2 Å². The Kier molecular flexibility index (Phi) is 3.81. The summed E-state index contributed by atoms with van der Waals surface area (Å²) in [6.45, 7) is 2.11. The number of amides is 1. The highest BCUT2D eigenvalue weighted by Gasteiger charge is 2.35. The van der Waals surface area contributed by atoms with Crippen molar-refractivity contribution >= 4 is 17.5 Å². The second-order valence-corrected chi connectivity index (χ2v) is 5.23. The van der Waals surface area contributed by atoms with Crippen molar-refractivity contribution < 1.29 is 9.53 Å². The maximum absolute atomic E-state index is 11.4. The summed E-state index contributed by atoms with van der Waals surface area (Å²) in [6, 6.07) is 5.80. The summed E-state index contributed by atoms with van der Waals surface area (Å²) in [5, 5.41) is 3.72. The SMILES string of the molecule is CCC1(Cc2ccc(OC)c(Cl)c2)CCC(=O)N1. The molecule has 0 aromatic heterocycles. The predicted molar refractivity (Wildman–Crippen MR) is 72.1 cm³/mol. The van der Waals surface area contributed by atoms with Gasteiger partial charge in [-0.3, -0.25) is 4.79 Å². The molecule has 1 aromatic carbocycles. The van der Waals surface area contributed by atoms with E-state index in [0.717, 1.165) is 24.8 Å². The number of hydrogen-bond donors (Lipinski definition) is 1. The second kappa shape index (κ2) is 5.19. The average molecular weight is 268 g/mol. The van der Waals surface area contributed by atoms with E-state index in [2.05, 4.69) is 12.2 Å². The first kappa shape index (κ1) is 13.2. The molecule has 0 bridgehead atoms. The predicted octanol–water partition coefficient (Wildman–Crippen LogP) is 2.95. The Hall–Kier alpha value is -1.22. The van der Waals surface area contributed by atoms with Gasteiger partial charge in [0.05, 0.1) is 12.1 Å². The van der Waals surface area contributed by atoms with Crippen LogP contribution in [0.4, 0.5) is 0 Å². The molecule has 1 atom stereocenters. The lowest BCUT2D eigenvalue weighted by Gasteiger charge is -2.28. The third kappa shape index (κ3) is 2.61. The summed E-state index contributed by atoms with van der Waals surface area (Å²) in [6.07, 6.45) is 3.27. The molecule has 1 aliphatic rings. The van der Waals surface area contributed by atoms with E-state index >= 15 is 0 Å². The van der Waals surface area contributed by atoms with E-state index in [1.54, 1.807) is 7.11 Å². The molecular formula is C14H18ClNO2. The van der Waals surface area contributed by atoms with Crippen LogP contribution in [0, 0.1) is 0 Å². The van der Waals surface area contributed by atoms with Crippen LogP contribution in [0.5, 0.6) is 5.75 Å². The van der Waals surface area contributed by atoms with E-state index in [1.165, 1.54) is 0 Å². The number of carbonyl (C=O) groups excluding carboxylic acids is 1. The Morgan fingerprint density at radius 1 is 1.50 bits per heavy atom. The molecule has 1 aromatic rings. The molecule has 1 fully saturated rings. The van der Waals surface area contributed by atoms with Gasteiger partial charge in [0.25, 0.3) is 0 Å². The van der Waals surface area contributed by atoms with Crippen LogP contribution in [0.15, 0.2) is 18.2 Å². The number of rotatable bonds is 4. The fourth-order valence-corrected chi connectivity index (χ4v) is 2.79. The molecule has 4 heteroatoms. The van der Waals surface area contributed by atoms with E-state index in [1.807, 2.05) is 18.2 Å². The number of halogens is 1. The average Bonchev–Trinajstić information content (AvgIpc) is 2.72. The summed E-state index contributed by atoms with van der Waals surface area (Å²) in [7, 11) is 1.60. The standard InChI is InChI=1S/C14H18ClNO2/c1-3-14(7-6-13(17)16-14)9-10-4-5-12(18-2)11(15)8-10/h4-5,8H,3,6-7,9H2,1-2H3,(H,16,17). The molecule has 18 heavy (non-hydrogen) atoms. The highest BCUT2D eigenvalue weighted by molar-refractivity contribution is 6.32. The molecule has 0 saturated carbocycles. The van der Waals surface area contributed by atoms with Crippen molar-refractivity contribution in [2.75, 3.05) is 7.11 Å². The van der Waals surface area contributed by atoms with Crippen molar-refractivity contribution in [2.45, 2.75) is 38.1 Å². The molecule has 0 spiro atoms. The third-order valence-electron chi connectivity index (χ3n) is 3.67. The van der Waals surface area contributed by atoms with Crippen molar-refractivity contribution in [3.63, 3.8) is 0 Å². The van der Waals surface area contributed by atoms with Gasteiger partial charge in [0.1, 0.15) is 5.75 Å². The highest BCUT2D eigenvalue weighted by Crippen LogP contribution is 2.31. The van der Waals surface area contributed by atoms with Gasteiger partial charge < -0.3 is 10.1 Å². The lowest BCUT2D eigenvalue weighted by Crippen LogP contribution is -2.42. The van der Waals surface area contributed by atoms with Crippen LogP contribution in [-0.4, -0.2) is 18.6 Å². The van der Waals surface area contributed by atoms with Crippen LogP contribution in [0.2, 0.25) is 5.02 Å².